The van der Waals surface area contributed by atoms with Gasteiger partial charge in [-0.1, -0.05) is 68.0 Å². The Labute approximate surface area is 697 Å². The molecule has 6 saturated carbocycles. The van der Waals surface area contributed by atoms with Gasteiger partial charge < -0.3 is 14.2 Å². The molecule has 0 radical (unpaired) electrons. The average molecular weight is 1590 g/mol. The molecule has 2 bridgehead atoms. The van der Waals surface area contributed by atoms with Gasteiger partial charge >= 0.3 is 0 Å². The number of ether oxygens (including phenoxy) is 3. The number of nitrogens with zero attached hydrogens (tertiary/aromatic N) is 1. The molecule has 0 N–H and O–H groups in total. The van der Waals surface area contributed by atoms with Crippen molar-refractivity contribution in [3.05, 3.63) is 196 Å². The first-order valence-corrected chi connectivity index (χ1v) is 41.5. The Morgan fingerprint density at radius 2 is 0.752 bits per heavy atom. The van der Waals surface area contributed by atoms with Crippen LogP contribution < -0.4 is 4.74 Å². The van der Waals surface area contributed by atoms with Crippen molar-refractivity contribution in [2.24, 2.45) is 28.1 Å². The fourth-order valence-electron chi connectivity index (χ4n) is 19.5. The van der Waals surface area contributed by atoms with Crippen LogP contribution >= 0.6 is 11.6 Å². The summed E-state index contributed by atoms with van der Waals surface area (Å²) in [4.78, 5) is 132. The number of carbonyl (C=O) groups is 10. The SMILES string of the molecule is CC#Cc1cc(C)c(C2C(=O)C3CCC(C3)C2=O)c(CC)c1.CC#Cc1cc(C)c(C2C(=O)CC(C)(C)CC2=O)c(C)c1.CC#Cc1cc(C)c(C2C(=O)CC3(CCOCC3)CC2=O)c(C)c1.CC#Cc1cc(C)c(C2C(=O)CC3(CCOCC3)CC2=O)c(C)c1.CC#Cc1cc(Cl)c(C2C(=O)CC(c3ccccn3)CC2=O)c(OC)c1. The fourth-order valence-corrected chi connectivity index (χ4v) is 19.9. The van der Waals surface area contributed by atoms with Gasteiger partial charge in [-0.25, -0.2) is 0 Å². The van der Waals surface area contributed by atoms with E-state index in [1.54, 1.807) is 46.0 Å². The first kappa shape index (κ1) is 89.1. The van der Waals surface area contributed by atoms with Crippen LogP contribution in [-0.4, -0.2) is 96.4 Å². The highest BCUT2D eigenvalue weighted by Gasteiger charge is 2.51. The Morgan fingerprint density at radius 1 is 0.419 bits per heavy atom. The lowest BCUT2D eigenvalue weighted by molar-refractivity contribution is -0.141. The largest absolute Gasteiger partial charge is 0.496 e. The highest BCUT2D eigenvalue weighted by Crippen LogP contribution is 2.51. The van der Waals surface area contributed by atoms with E-state index in [9.17, 15) is 47.9 Å². The van der Waals surface area contributed by atoms with Crippen LogP contribution in [0.2, 0.25) is 5.02 Å². The Hall–Kier alpha value is -10.2. The second kappa shape index (κ2) is 38.9. The van der Waals surface area contributed by atoms with Crippen LogP contribution in [0.3, 0.4) is 0 Å². The van der Waals surface area contributed by atoms with Crippen molar-refractivity contribution >= 4 is 69.4 Å². The van der Waals surface area contributed by atoms with Crippen LogP contribution in [0.15, 0.2) is 85.1 Å². The Morgan fingerprint density at radius 3 is 1.09 bits per heavy atom. The van der Waals surface area contributed by atoms with Gasteiger partial charge in [0.25, 0.3) is 0 Å². The second-order valence-corrected chi connectivity index (χ2v) is 34.4. The van der Waals surface area contributed by atoms with Crippen molar-refractivity contribution < 1.29 is 62.2 Å². The maximum atomic E-state index is 12.9. The first-order chi connectivity index (χ1) is 55.8. The molecule has 14 rings (SSSR count). The number of pyridine rings is 1. The molecule has 608 valence electrons. The molecule has 0 amide bonds. The van der Waals surface area contributed by atoms with Gasteiger partial charge in [-0.3, -0.25) is 52.9 Å². The number of halogens is 1. The Balaban J connectivity index is 0.000000154. The van der Waals surface area contributed by atoms with E-state index in [4.69, 9.17) is 25.8 Å². The molecule has 2 spiro atoms. The number of hydrogen-bond donors (Lipinski definition) is 0. The minimum atomic E-state index is -0.902. The van der Waals surface area contributed by atoms with E-state index in [0.29, 0.717) is 86.9 Å². The highest BCUT2D eigenvalue weighted by atomic mass is 35.5. The van der Waals surface area contributed by atoms with Crippen LogP contribution in [0.5, 0.6) is 5.75 Å². The summed E-state index contributed by atoms with van der Waals surface area (Å²) in [6.07, 6.45) is 11.8. The quantitative estimate of drug-likeness (QED) is 0.102. The molecule has 8 aliphatic rings. The Bertz CT molecular complexity index is 4990. The van der Waals surface area contributed by atoms with Crippen LogP contribution in [0.4, 0.5) is 0 Å². The van der Waals surface area contributed by atoms with Gasteiger partial charge in [0.05, 0.1) is 7.11 Å². The molecule has 2 atom stereocenters. The summed E-state index contributed by atoms with van der Waals surface area (Å²) >= 11 is 6.40. The first-order valence-electron chi connectivity index (χ1n) is 41.1. The van der Waals surface area contributed by atoms with Gasteiger partial charge in [-0.05, 0) is 290 Å². The molecular formula is C102H110ClNO13. The summed E-state index contributed by atoms with van der Waals surface area (Å²) in [7, 11) is 1.49. The third-order valence-corrected chi connectivity index (χ3v) is 25.0. The zero-order valence-electron chi connectivity index (χ0n) is 71.0. The molecule has 6 aliphatic carbocycles. The van der Waals surface area contributed by atoms with Gasteiger partial charge in [-0.15, -0.1) is 29.6 Å². The zero-order chi connectivity index (χ0) is 85.0. The van der Waals surface area contributed by atoms with E-state index < -0.39 is 29.6 Å². The lowest BCUT2D eigenvalue weighted by atomic mass is 9.63. The molecule has 117 heavy (non-hydrogen) atoms. The lowest BCUT2D eigenvalue weighted by Gasteiger charge is -2.41. The number of Topliss-reactive ketones (excluding diaryl/α,β-unsaturated/α-hetero) is 10. The van der Waals surface area contributed by atoms with Gasteiger partial charge in [0.15, 0.2) is 11.6 Å². The number of hydrogen-bond acceptors (Lipinski definition) is 14. The van der Waals surface area contributed by atoms with E-state index in [2.05, 4.69) is 77.2 Å². The summed E-state index contributed by atoms with van der Waals surface area (Å²) in [6.45, 7) is 31.5. The molecule has 2 aliphatic heterocycles. The van der Waals surface area contributed by atoms with Crippen LogP contribution in [0.1, 0.15) is 293 Å². The topological polar surface area (TPSA) is 211 Å². The molecule has 8 fully saturated rings. The van der Waals surface area contributed by atoms with Crippen LogP contribution in [0, 0.1) is 136 Å². The summed E-state index contributed by atoms with van der Waals surface area (Å²) in [5.74, 6) is 27.2. The van der Waals surface area contributed by atoms with E-state index in [0.717, 1.165) is 146 Å². The monoisotopic (exact) mass is 1590 g/mol. The molecule has 14 nitrogen and oxygen atoms in total. The molecule has 3 heterocycles. The van der Waals surface area contributed by atoms with Crippen molar-refractivity contribution in [1.29, 1.82) is 0 Å². The summed E-state index contributed by atoms with van der Waals surface area (Å²) in [6, 6.07) is 24.8. The van der Waals surface area contributed by atoms with Crippen molar-refractivity contribution in [2.45, 2.75) is 242 Å². The van der Waals surface area contributed by atoms with E-state index in [-0.39, 0.29) is 105 Å². The molecular weight excluding hydrogens is 1480 g/mol. The van der Waals surface area contributed by atoms with Gasteiger partial charge in [-0.2, -0.15) is 0 Å². The molecule has 2 saturated heterocycles. The predicted molar refractivity (Wildman–Crippen MR) is 456 cm³/mol. The smallest absolute Gasteiger partial charge is 0.150 e. The maximum absolute atomic E-state index is 12.9. The molecule has 6 aromatic rings. The van der Waals surface area contributed by atoms with Gasteiger partial charge in [0, 0.05) is 146 Å². The number of aryl methyl sites for hydroxylation is 8. The van der Waals surface area contributed by atoms with Gasteiger partial charge in [0.2, 0.25) is 0 Å². The molecule has 1 aromatic heterocycles. The van der Waals surface area contributed by atoms with Crippen molar-refractivity contribution in [1.82, 2.24) is 4.98 Å². The number of methoxy groups -OCH3 is 1. The summed E-state index contributed by atoms with van der Waals surface area (Å²) in [5, 5.41) is 0.324. The lowest BCUT2D eigenvalue weighted by Crippen LogP contribution is -2.42. The third-order valence-electron chi connectivity index (χ3n) is 24.7. The minimum absolute atomic E-state index is 0.0526. The molecule has 5 aromatic carbocycles. The second-order valence-electron chi connectivity index (χ2n) is 34.0. The van der Waals surface area contributed by atoms with E-state index in [1.165, 1.54) is 7.11 Å². The maximum Gasteiger partial charge on any atom is 0.150 e. The summed E-state index contributed by atoms with van der Waals surface area (Å²) < 4.78 is 16.2. The zero-order valence-corrected chi connectivity index (χ0v) is 71.7. The average Bonchev–Trinajstić information content (AvgIpc) is 1.70. The third kappa shape index (κ3) is 20.5. The summed E-state index contributed by atoms with van der Waals surface area (Å²) in [5.41, 5.74) is 16.9. The molecule has 15 heteroatoms. The number of carbonyl (C=O) groups excluding carboxylic acids is 10. The van der Waals surface area contributed by atoms with Crippen LogP contribution in [-0.2, 0) is 63.8 Å². The minimum Gasteiger partial charge on any atom is -0.496 e. The molecule has 2 unspecified atom stereocenters. The van der Waals surface area contributed by atoms with E-state index in [1.807, 2.05) is 130 Å². The Kier molecular flexibility index (Phi) is 29.6. The van der Waals surface area contributed by atoms with Crippen LogP contribution in [0.25, 0.3) is 0 Å². The fraction of sp³-hybridized carbons (Fsp3) is 0.461. The van der Waals surface area contributed by atoms with Crippen molar-refractivity contribution in [3.63, 3.8) is 0 Å². The predicted octanol–water partition coefficient (Wildman–Crippen LogP) is 18.2. The van der Waals surface area contributed by atoms with Gasteiger partial charge in [0.1, 0.15) is 81.6 Å². The highest BCUT2D eigenvalue weighted by molar-refractivity contribution is 6.33. The number of fused-ring (bicyclic) bond motifs is 2. The van der Waals surface area contributed by atoms with Crippen molar-refractivity contribution in [3.8, 4) is 65.0 Å². The normalized spacial score (nSPS) is 22.1. The van der Waals surface area contributed by atoms with Crippen molar-refractivity contribution in [2.75, 3.05) is 33.5 Å². The number of aromatic nitrogens is 1. The number of ketones is 10. The number of benzene rings is 5. The van der Waals surface area contributed by atoms with E-state index >= 15 is 0 Å². The number of rotatable bonds is 8. The standard InChI is InChI=1S/C21H18ClNO3.2C21H24O3.C20H22O2.C19H22O2/c1-3-6-13-9-15(22)20(19(10-13)26-2)21-17(24)11-14(12-18(21)25)16-7-4-5-8-23-16;2*1-4-5-16-10-14(2)19(15(3)11-16)20-17(22)12-21(13-18(20)23)6-8-24-9-7-21;1-4-6-13-9-12(3)17(14(5-2)10-13)18-19(21)15-7-8-16(11-15)20(18)22;1-6-7-14-8-12(2)17(13(3)9-14)18-15(20)10-19(4,5)11-16(18)21/h4-5,7-10,14,21H,11-12H2,1-2H3;2*10-11,20H,6-9,12-13H2,1-3H3;9-10,15-16,18H,5,7-8,11H2,1-3H3;8-9,18H,10-11H2,1-5H3.